The summed E-state index contributed by atoms with van der Waals surface area (Å²) in [4.78, 5) is 28.1. The number of nitriles is 1. The van der Waals surface area contributed by atoms with Crippen molar-refractivity contribution in [1.29, 1.82) is 5.26 Å². The summed E-state index contributed by atoms with van der Waals surface area (Å²) >= 11 is 0. The average molecular weight is 460 g/mol. The number of esters is 1. The van der Waals surface area contributed by atoms with Crippen molar-refractivity contribution in [2.75, 3.05) is 13.6 Å². The first-order valence-electron chi connectivity index (χ1n) is 10.7. The Balaban J connectivity index is 1.46. The maximum absolute atomic E-state index is 12.0. The van der Waals surface area contributed by atoms with Crippen molar-refractivity contribution in [3.8, 4) is 11.9 Å². The molecule has 3 heterocycles. The van der Waals surface area contributed by atoms with Crippen molar-refractivity contribution >= 4 is 12.1 Å². The van der Waals surface area contributed by atoms with Gasteiger partial charge >= 0.3 is 12.1 Å². The van der Waals surface area contributed by atoms with Gasteiger partial charge in [-0.1, -0.05) is 6.07 Å². The van der Waals surface area contributed by atoms with Gasteiger partial charge in [-0.05, 0) is 42.7 Å². The van der Waals surface area contributed by atoms with Gasteiger partial charge in [0, 0.05) is 43.7 Å². The van der Waals surface area contributed by atoms with Crippen LogP contribution in [0.15, 0.2) is 36.8 Å². The van der Waals surface area contributed by atoms with Crippen LogP contribution in [0.2, 0.25) is 0 Å². The quantitative estimate of drug-likeness (QED) is 0.515. The predicted molar refractivity (Wildman–Crippen MR) is 121 cm³/mol. The number of nitrogens with zero attached hydrogens (tertiary/aromatic N) is 4. The highest BCUT2D eigenvalue weighted by Crippen LogP contribution is 2.30. The van der Waals surface area contributed by atoms with Gasteiger partial charge < -0.3 is 20.1 Å². The number of carbonyl (C=O) groups is 2. The summed E-state index contributed by atoms with van der Waals surface area (Å²) in [6.07, 6.45) is 3.98. The van der Waals surface area contributed by atoms with Gasteiger partial charge in [0.1, 0.15) is 18.8 Å². The molecule has 1 aliphatic heterocycles. The molecule has 1 amide bonds. The standard InChI is InChI=1S/C24H24N6O4/c1-14-6-22(28-10-17(14)7-25)30-12-16(9-29-30)8-27-11-21(34-24(32)26-3)18-4-5-19-20(15(18)2)13-33-23(19)31/h4-6,9-10,12,21,27H,8,11,13H2,1-3H3,(H,26,32). The van der Waals surface area contributed by atoms with Gasteiger partial charge in [-0.25, -0.2) is 19.3 Å². The summed E-state index contributed by atoms with van der Waals surface area (Å²) in [5, 5.41) is 19.2. The van der Waals surface area contributed by atoms with Crippen molar-refractivity contribution in [2.45, 2.75) is 33.1 Å². The van der Waals surface area contributed by atoms with Gasteiger partial charge in [-0.2, -0.15) is 10.4 Å². The number of nitrogens with one attached hydrogen (secondary N) is 2. The topological polar surface area (TPSA) is 131 Å². The van der Waals surface area contributed by atoms with Crippen LogP contribution in [0.5, 0.6) is 0 Å². The van der Waals surface area contributed by atoms with E-state index in [9.17, 15) is 9.59 Å². The Morgan fingerprint density at radius 3 is 2.91 bits per heavy atom. The van der Waals surface area contributed by atoms with Crippen LogP contribution in [0, 0.1) is 25.2 Å². The molecular weight excluding hydrogens is 436 g/mol. The number of benzene rings is 1. The summed E-state index contributed by atoms with van der Waals surface area (Å²) in [6, 6.07) is 7.42. The molecule has 174 valence electrons. The number of ether oxygens (including phenoxy) is 2. The number of aryl methyl sites for hydroxylation is 1. The van der Waals surface area contributed by atoms with Crippen LogP contribution in [-0.4, -0.2) is 40.4 Å². The van der Waals surface area contributed by atoms with E-state index in [1.165, 1.54) is 13.2 Å². The molecule has 2 N–H and O–H groups in total. The molecule has 10 nitrogen and oxygen atoms in total. The van der Waals surface area contributed by atoms with Gasteiger partial charge in [0.25, 0.3) is 0 Å². The first kappa shape index (κ1) is 22.9. The monoisotopic (exact) mass is 460 g/mol. The lowest BCUT2D eigenvalue weighted by molar-refractivity contribution is 0.0535. The second-order valence-electron chi connectivity index (χ2n) is 7.92. The lowest BCUT2D eigenvalue weighted by Crippen LogP contribution is -2.29. The van der Waals surface area contributed by atoms with E-state index < -0.39 is 12.2 Å². The third kappa shape index (κ3) is 4.60. The van der Waals surface area contributed by atoms with Crippen LogP contribution >= 0.6 is 0 Å². The molecule has 0 radical (unpaired) electrons. The van der Waals surface area contributed by atoms with E-state index in [2.05, 4.69) is 26.8 Å². The number of hydrogen-bond acceptors (Lipinski definition) is 8. The lowest BCUT2D eigenvalue weighted by atomic mass is 9.95. The zero-order valence-corrected chi connectivity index (χ0v) is 19.1. The van der Waals surface area contributed by atoms with E-state index in [-0.39, 0.29) is 12.6 Å². The van der Waals surface area contributed by atoms with Crippen LogP contribution in [-0.2, 0) is 22.6 Å². The molecule has 0 saturated carbocycles. The van der Waals surface area contributed by atoms with Crippen molar-refractivity contribution in [3.63, 3.8) is 0 Å². The fourth-order valence-corrected chi connectivity index (χ4v) is 3.83. The van der Waals surface area contributed by atoms with Crippen molar-refractivity contribution in [2.24, 2.45) is 0 Å². The minimum atomic E-state index is -0.571. The molecule has 1 atom stereocenters. The first-order valence-corrected chi connectivity index (χ1v) is 10.7. The number of rotatable bonds is 7. The normalized spacial score (nSPS) is 13.1. The Labute approximate surface area is 196 Å². The smallest absolute Gasteiger partial charge is 0.407 e. The number of carbonyl (C=O) groups excluding carboxylic acids is 2. The molecule has 2 aromatic heterocycles. The average Bonchev–Trinajstić information content (AvgIpc) is 3.46. The largest absolute Gasteiger partial charge is 0.457 e. The highest BCUT2D eigenvalue weighted by atomic mass is 16.6. The molecule has 0 fully saturated rings. The predicted octanol–water partition coefficient (Wildman–Crippen LogP) is 2.61. The molecule has 0 saturated heterocycles. The summed E-state index contributed by atoms with van der Waals surface area (Å²) in [5.41, 5.74) is 5.31. The highest BCUT2D eigenvalue weighted by molar-refractivity contribution is 5.94. The fraction of sp³-hybridized carbons (Fsp3) is 0.292. The van der Waals surface area contributed by atoms with Gasteiger partial charge in [-0.15, -0.1) is 0 Å². The Morgan fingerprint density at radius 2 is 2.18 bits per heavy atom. The number of alkyl carbamates (subject to hydrolysis) is 1. The Morgan fingerprint density at radius 1 is 1.35 bits per heavy atom. The van der Waals surface area contributed by atoms with E-state index in [0.29, 0.717) is 30.0 Å². The van der Waals surface area contributed by atoms with Gasteiger partial charge in [0.15, 0.2) is 5.82 Å². The number of cyclic esters (lactones) is 1. The second kappa shape index (κ2) is 9.72. The minimum Gasteiger partial charge on any atom is -0.457 e. The first-order chi connectivity index (χ1) is 16.4. The SMILES string of the molecule is CNC(=O)OC(CNCc1cnn(-c2cc(C)c(C#N)cn2)c1)c1ccc2c(c1C)COC2=O. The van der Waals surface area contributed by atoms with E-state index in [4.69, 9.17) is 14.7 Å². The van der Waals surface area contributed by atoms with Gasteiger partial charge in [-0.3, -0.25) is 0 Å². The van der Waals surface area contributed by atoms with E-state index in [0.717, 1.165) is 27.8 Å². The molecule has 0 aliphatic carbocycles. The summed E-state index contributed by atoms with van der Waals surface area (Å²) in [7, 11) is 1.50. The molecule has 1 aromatic carbocycles. The van der Waals surface area contributed by atoms with Crippen molar-refractivity contribution < 1.29 is 19.1 Å². The highest BCUT2D eigenvalue weighted by Gasteiger charge is 2.27. The molecule has 34 heavy (non-hydrogen) atoms. The number of fused-ring (bicyclic) bond motifs is 1. The molecule has 3 aromatic rings. The molecule has 0 spiro atoms. The zero-order valence-electron chi connectivity index (χ0n) is 19.1. The van der Waals surface area contributed by atoms with Crippen LogP contribution in [0.25, 0.3) is 5.82 Å². The third-order valence-corrected chi connectivity index (χ3v) is 5.75. The summed E-state index contributed by atoms with van der Waals surface area (Å²) < 4.78 is 12.4. The Bertz CT molecular complexity index is 1290. The van der Waals surface area contributed by atoms with Crippen LogP contribution in [0.3, 0.4) is 0 Å². The minimum absolute atomic E-state index is 0.218. The fourth-order valence-electron chi connectivity index (χ4n) is 3.83. The van der Waals surface area contributed by atoms with Crippen LogP contribution in [0.1, 0.15) is 49.8 Å². The van der Waals surface area contributed by atoms with Gasteiger partial charge in [0.05, 0.1) is 17.3 Å². The third-order valence-electron chi connectivity index (χ3n) is 5.75. The van der Waals surface area contributed by atoms with E-state index in [1.54, 1.807) is 29.1 Å². The summed E-state index contributed by atoms with van der Waals surface area (Å²) in [5.74, 6) is 0.282. The van der Waals surface area contributed by atoms with E-state index in [1.807, 2.05) is 20.0 Å². The Kier molecular flexibility index (Phi) is 6.56. The van der Waals surface area contributed by atoms with Crippen molar-refractivity contribution in [3.05, 3.63) is 75.7 Å². The summed E-state index contributed by atoms with van der Waals surface area (Å²) in [6.45, 7) is 4.80. The zero-order chi connectivity index (χ0) is 24.2. The van der Waals surface area contributed by atoms with Crippen LogP contribution < -0.4 is 10.6 Å². The maximum Gasteiger partial charge on any atom is 0.407 e. The number of pyridine rings is 1. The molecular formula is C24H24N6O4. The maximum atomic E-state index is 12.0. The number of amides is 1. The Hall–Kier alpha value is -4.23. The van der Waals surface area contributed by atoms with Crippen molar-refractivity contribution in [1.82, 2.24) is 25.4 Å². The molecule has 0 bridgehead atoms. The number of hydrogen-bond donors (Lipinski definition) is 2. The molecule has 1 unspecified atom stereocenters. The van der Waals surface area contributed by atoms with Gasteiger partial charge in [0.2, 0.25) is 0 Å². The number of aromatic nitrogens is 3. The van der Waals surface area contributed by atoms with Crippen LogP contribution in [0.4, 0.5) is 4.79 Å². The molecule has 1 aliphatic rings. The molecule has 10 heteroatoms. The second-order valence-corrected chi connectivity index (χ2v) is 7.92. The van der Waals surface area contributed by atoms with E-state index >= 15 is 0 Å². The molecule has 4 rings (SSSR count). The lowest BCUT2D eigenvalue weighted by Gasteiger charge is -2.21.